The number of carbonyl (C=O) groups excluding carboxylic acids is 3. The van der Waals surface area contributed by atoms with E-state index in [4.69, 9.17) is 4.74 Å². The minimum atomic E-state index is -0.546. The molecule has 0 bridgehead atoms. The molecule has 0 heterocycles. The number of para-hydroxylation sites is 1. The molecule has 1 aromatic carbocycles. The van der Waals surface area contributed by atoms with Crippen molar-refractivity contribution < 1.29 is 19.1 Å². The summed E-state index contributed by atoms with van der Waals surface area (Å²) in [5.74, 6) is -0.507. The zero-order valence-electron chi connectivity index (χ0n) is 17.0. The van der Waals surface area contributed by atoms with Gasteiger partial charge in [0, 0.05) is 27.2 Å². The van der Waals surface area contributed by atoms with Crippen LogP contribution in [-0.4, -0.2) is 74.1 Å². The second kappa shape index (κ2) is 9.91. The first-order valence-electron chi connectivity index (χ1n) is 8.77. The van der Waals surface area contributed by atoms with Gasteiger partial charge in [-0.25, -0.2) is 4.79 Å². The largest absolute Gasteiger partial charge is 0.444 e. The molecule has 150 valence electrons. The van der Waals surface area contributed by atoms with Crippen LogP contribution in [0.3, 0.4) is 0 Å². The lowest BCUT2D eigenvalue weighted by Crippen LogP contribution is -2.40. The maximum absolute atomic E-state index is 12.3. The van der Waals surface area contributed by atoms with Crippen LogP contribution in [0.15, 0.2) is 24.3 Å². The van der Waals surface area contributed by atoms with Gasteiger partial charge in [0.05, 0.1) is 17.8 Å². The van der Waals surface area contributed by atoms with Crippen LogP contribution < -0.4 is 10.6 Å². The Morgan fingerprint density at radius 1 is 1.07 bits per heavy atom. The molecule has 0 aromatic heterocycles. The van der Waals surface area contributed by atoms with Crippen LogP contribution in [0.1, 0.15) is 31.1 Å². The van der Waals surface area contributed by atoms with E-state index in [1.807, 2.05) is 20.8 Å². The number of hydrogen-bond donors (Lipinski definition) is 2. The van der Waals surface area contributed by atoms with Crippen molar-refractivity contribution in [1.29, 1.82) is 0 Å². The van der Waals surface area contributed by atoms with Gasteiger partial charge in [0.15, 0.2) is 0 Å². The molecule has 8 nitrogen and oxygen atoms in total. The maximum atomic E-state index is 12.3. The van der Waals surface area contributed by atoms with Gasteiger partial charge < -0.3 is 20.3 Å². The lowest BCUT2D eigenvalue weighted by molar-refractivity contribution is -0.117. The predicted octanol–water partition coefficient (Wildman–Crippen LogP) is 1.78. The Bertz CT molecular complexity index is 670. The fourth-order valence-electron chi connectivity index (χ4n) is 2.19. The average Bonchev–Trinajstić information content (AvgIpc) is 2.57. The number of hydrogen-bond acceptors (Lipinski definition) is 5. The summed E-state index contributed by atoms with van der Waals surface area (Å²) in [5, 5.41) is 5.30. The monoisotopic (exact) mass is 378 g/mol. The third-order valence-electron chi connectivity index (χ3n) is 3.61. The highest BCUT2D eigenvalue weighted by atomic mass is 16.6. The lowest BCUT2D eigenvalue weighted by Gasteiger charge is -2.26. The van der Waals surface area contributed by atoms with Gasteiger partial charge in [-0.15, -0.1) is 0 Å². The molecule has 0 spiro atoms. The fraction of sp³-hybridized carbons (Fsp3) is 0.526. The quantitative estimate of drug-likeness (QED) is 0.755. The van der Waals surface area contributed by atoms with Gasteiger partial charge in [0.25, 0.3) is 5.91 Å². The Morgan fingerprint density at radius 2 is 1.70 bits per heavy atom. The third-order valence-corrected chi connectivity index (χ3v) is 3.61. The summed E-state index contributed by atoms with van der Waals surface area (Å²) in [4.78, 5) is 39.3. The third kappa shape index (κ3) is 8.08. The van der Waals surface area contributed by atoms with Crippen molar-refractivity contribution in [2.45, 2.75) is 26.4 Å². The van der Waals surface area contributed by atoms with Crippen molar-refractivity contribution in [2.24, 2.45) is 0 Å². The summed E-state index contributed by atoms with van der Waals surface area (Å²) in [6, 6.07) is 6.81. The van der Waals surface area contributed by atoms with Crippen molar-refractivity contribution in [3.63, 3.8) is 0 Å². The summed E-state index contributed by atoms with van der Waals surface area (Å²) >= 11 is 0. The second-order valence-corrected chi connectivity index (χ2v) is 7.31. The second-order valence-electron chi connectivity index (χ2n) is 7.31. The number of nitrogens with zero attached hydrogens (tertiary/aromatic N) is 2. The number of amides is 3. The number of rotatable bonds is 7. The Labute approximate surface area is 160 Å². The van der Waals surface area contributed by atoms with Gasteiger partial charge in [-0.3, -0.25) is 14.5 Å². The number of carbonyl (C=O) groups is 3. The smallest absolute Gasteiger partial charge is 0.410 e. The zero-order valence-corrected chi connectivity index (χ0v) is 17.0. The normalized spacial score (nSPS) is 11.1. The standard InChI is InChI=1S/C19H30N4O4/c1-19(2,3)27-18(26)23(6)12-11-22(5)13-16(24)21-15-10-8-7-9-14(15)17(25)20-4/h7-10H,11-13H2,1-6H3,(H,20,25)(H,21,24). The van der Waals surface area contributed by atoms with E-state index in [2.05, 4.69) is 10.6 Å². The van der Waals surface area contributed by atoms with Crippen LogP contribution in [0.25, 0.3) is 0 Å². The van der Waals surface area contributed by atoms with Crippen molar-refractivity contribution in [2.75, 3.05) is 46.1 Å². The predicted molar refractivity (Wildman–Crippen MR) is 105 cm³/mol. The first-order chi connectivity index (χ1) is 12.5. The highest BCUT2D eigenvalue weighted by Crippen LogP contribution is 2.14. The summed E-state index contributed by atoms with van der Waals surface area (Å²) in [7, 11) is 4.98. The molecule has 0 fully saturated rings. The van der Waals surface area contributed by atoms with Gasteiger partial charge in [0.1, 0.15) is 5.60 Å². The van der Waals surface area contributed by atoms with E-state index < -0.39 is 11.7 Å². The molecule has 0 unspecified atom stereocenters. The molecule has 0 aliphatic carbocycles. The van der Waals surface area contributed by atoms with E-state index in [1.165, 1.54) is 11.9 Å². The van der Waals surface area contributed by atoms with E-state index in [0.717, 1.165) is 0 Å². The molecule has 8 heteroatoms. The molecular formula is C19H30N4O4. The Kier molecular flexibility index (Phi) is 8.24. The van der Waals surface area contributed by atoms with E-state index >= 15 is 0 Å². The Balaban J connectivity index is 2.52. The average molecular weight is 378 g/mol. The van der Waals surface area contributed by atoms with Crippen LogP contribution >= 0.6 is 0 Å². The van der Waals surface area contributed by atoms with Crippen LogP contribution in [0.5, 0.6) is 0 Å². The minimum Gasteiger partial charge on any atom is -0.444 e. The van der Waals surface area contributed by atoms with Crippen molar-refractivity contribution in [3.8, 4) is 0 Å². The van der Waals surface area contributed by atoms with E-state index in [1.54, 1.807) is 43.3 Å². The number of likely N-dealkylation sites (N-methyl/N-ethyl adjacent to an activating group) is 2. The number of benzene rings is 1. The van der Waals surface area contributed by atoms with Crippen LogP contribution in [-0.2, 0) is 9.53 Å². The minimum absolute atomic E-state index is 0.129. The van der Waals surface area contributed by atoms with Gasteiger partial charge >= 0.3 is 6.09 Å². The first kappa shape index (κ1) is 22.4. The van der Waals surface area contributed by atoms with Crippen molar-refractivity contribution >= 4 is 23.6 Å². The van der Waals surface area contributed by atoms with Crippen molar-refractivity contribution in [3.05, 3.63) is 29.8 Å². The maximum Gasteiger partial charge on any atom is 0.410 e. The molecule has 0 atom stereocenters. The molecule has 1 aromatic rings. The highest BCUT2D eigenvalue weighted by Gasteiger charge is 2.20. The van der Waals surface area contributed by atoms with E-state index in [0.29, 0.717) is 24.3 Å². The summed E-state index contributed by atoms with van der Waals surface area (Å²) in [6.45, 7) is 6.49. The van der Waals surface area contributed by atoms with Crippen LogP contribution in [0.4, 0.5) is 10.5 Å². The van der Waals surface area contributed by atoms with Crippen LogP contribution in [0.2, 0.25) is 0 Å². The molecule has 2 N–H and O–H groups in total. The number of anilines is 1. The first-order valence-corrected chi connectivity index (χ1v) is 8.77. The van der Waals surface area contributed by atoms with Gasteiger partial charge in [-0.2, -0.15) is 0 Å². The fourth-order valence-corrected chi connectivity index (χ4v) is 2.19. The van der Waals surface area contributed by atoms with E-state index in [9.17, 15) is 14.4 Å². The molecule has 3 amide bonds. The number of ether oxygens (including phenoxy) is 1. The molecular weight excluding hydrogens is 348 g/mol. The summed E-state index contributed by atoms with van der Waals surface area (Å²) in [6.07, 6.45) is -0.403. The molecule has 0 aliphatic heterocycles. The number of nitrogens with one attached hydrogen (secondary N) is 2. The van der Waals surface area contributed by atoms with Crippen molar-refractivity contribution in [1.82, 2.24) is 15.1 Å². The molecule has 0 aliphatic rings. The lowest BCUT2D eigenvalue weighted by atomic mass is 10.1. The van der Waals surface area contributed by atoms with Gasteiger partial charge in [0.2, 0.25) is 5.91 Å². The molecule has 0 saturated heterocycles. The van der Waals surface area contributed by atoms with Crippen LogP contribution in [0, 0.1) is 0 Å². The SMILES string of the molecule is CNC(=O)c1ccccc1NC(=O)CN(C)CCN(C)C(=O)OC(C)(C)C. The molecule has 27 heavy (non-hydrogen) atoms. The molecule has 1 rings (SSSR count). The highest BCUT2D eigenvalue weighted by molar-refractivity contribution is 6.03. The summed E-state index contributed by atoms with van der Waals surface area (Å²) in [5.41, 5.74) is 0.316. The molecule has 0 saturated carbocycles. The zero-order chi connectivity index (χ0) is 20.6. The summed E-state index contributed by atoms with van der Waals surface area (Å²) < 4.78 is 5.29. The topological polar surface area (TPSA) is 91.0 Å². The van der Waals surface area contributed by atoms with E-state index in [-0.39, 0.29) is 18.4 Å². The Hall–Kier alpha value is -2.61. The van der Waals surface area contributed by atoms with Gasteiger partial charge in [-0.1, -0.05) is 12.1 Å². The molecule has 0 radical (unpaired) electrons. The Morgan fingerprint density at radius 3 is 2.30 bits per heavy atom. The van der Waals surface area contributed by atoms with Gasteiger partial charge in [-0.05, 0) is 40.0 Å².